The fourth-order valence-electron chi connectivity index (χ4n) is 2.02. The van der Waals surface area contributed by atoms with E-state index in [4.69, 9.17) is 5.11 Å². The number of aliphatic hydroxyl groups is 1. The molecule has 0 aliphatic heterocycles. The molecule has 5 nitrogen and oxygen atoms in total. The van der Waals surface area contributed by atoms with Gasteiger partial charge in [-0.25, -0.2) is 0 Å². The molecule has 1 heterocycles. The van der Waals surface area contributed by atoms with Gasteiger partial charge in [0.15, 0.2) is 5.69 Å². The van der Waals surface area contributed by atoms with Crippen LogP contribution >= 0.6 is 0 Å². The molecule has 0 aliphatic carbocycles. The summed E-state index contributed by atoms with van der Waals surface area (Å²) in [6.07, 6.45) is 0. The van der Waals surface area contributed by atoms with Crippen LogP contribution in [-0.2, 0) is 6.61 Å². The van der Waals surface area contributed by atoms with Gasteiger partial charge in [0.1, 0.15) is 0 Å². The Morgan fingerprint density at radius 1 is 1.15 bits per heavy atom. The summed E-state index contributed by atoms with van der Waals surface area (Å²) in [7, 11) is 0. The summed E-state index contributed by atoms with van der Waals surface area (Å²) in [6.45, 7) is -0.0156. The second-order valence-corrected chi connectivity index (χ2v) is 4.43. The van der Waals surface area contributed by atoms with E-state index >= 15 is 0 Å². The van der Waals surface area contributed by atoms with E-state index in [2.05, 4.69) is 15.5 Å². The molecule has 0 bridgehead atoms. The molecule has 0 atom stereocenters. The first-order valence-electron chi connectivity index (χ1n) is 6.22. The Morgan fingerprint density at radius 2 is 1.90 bits per heavy atom. The first kappa shape index (κ1) is 12.4. The highest BCUT2D eigenvalue weighted by Gasteiger charge is 2.13. The number of amides is 1. The molecule has 3 aromatic rings. The van der Waals surface area contributed by atoms with Gasteiger partial charge in [-0.15, -0.1) is 0 Å². The maximum Gasteiger partial charge on any atom is 0.276 e. The number of benzene rings is 2. The lowest BCUT2D eigenvalue weighted by molar-refractivity contribution is 0.102. The quantitative estimate of drug-likeness (QED) is 0.681. The van der Waals surface area contributed by atoms with Gasteiger partial charge in [-0.3, -0.25) is 9.89 Å². The van der Waals surface area contributed by atoms with E-state index in [9.17, 15) is 4.79 Å². The van der Waals surface area contributed by atoms with Gasteiger partial charge in [0.2, 0.25) is 0 Å². The number of hydrogen-bond acceptors (Lipinski definition) is 3. The van der Waals surface area contributed by atoms with Crippen molar-refractivity contribution in [3.05, 3.63) is 59.8 Å². The van der Waals surface area contributed by atoms with E-state index in [-0.39, 0.29) is 12.5 Å². The number of nitrogens with one attached hydrogen (secondary N) is 2. The minimum Gasteiger partial charge on any atom is -0.392 e. The molecular formula is C15H13N3O2. The third kappa shape index (κ3) is 2.26. The molecule has 20 heavy (non-hydrogen) atoms. The number of carbonyl (C=O) groups is 1. The molecule has 1 aromatic heterocycles. The summed E-state index contributed by atoms with van der Waals surface area (Å²) in [4.78, 5) is 12.2. The average Bonchev–Trinajstić information content (AvgIpc) is 2.92. The number of carbonyl (C=O) groups excluding carboxylic acids is 1. The van der Waals surface area contributed by atoms with Gasteiger partial charge in [-0.2, -0.15) is 5.10 Å². The number of anilines is 1. The van der Waals surface area contributed by atoms with Crippen LogP contribution in [0.25, 0.3) is 10.9 Å². The molecule has 5 heteroatoms. The molecule has 100 valence electrons. The average molecular weight is 267 g/mol. The van der Waals surface area contributed by atoms with Crippen LogP contribution in [0.15, 0.2) is 48.5 Å². The molecule has 1 amide bonds. The number of aliphatic hydroxyl groups excluding tert-OH is 1. The number of hydrogen-bond donors (Lipinski definition) is 3. The van der Waals surface area contributed by atoms with Crippen molar-refractivity contribution in [2.45, 2.75) is 6.61 Å². The lowest BCUT2D eigenvalue weighted by Gasteiger charge is -2.04. The minimum absolute atomic E-state index is 0.0156. The highest BCUT2D eigenvalue weighted by Crippen LogP contribution is 2.17. The lowest BCUT2D eigenvalue weighted by atomic mass is 10.2. The van der Waals surface area contributed by atoms with E-state index in [1.807, 2.05) is 24.3 Å². The lowest BCUT2D eigenvalue weighted by Crippen LogP contribution is -2.12. The van der Waals surface area contributed by atoms with Crippen LogP contribution in [0.4, 0.5) is 5.69 Å². The van der Waals surface area contributed by atoms with Crippen LogP contribution in [0.3, 0.4) is 0 Å². The van der Waals surface area contributed by atoms with Crippen molar-refractivity contribution in [2.24, 2.45) is 0 Å². The third-order valence-electron chi connectivity index (χ3n) is 3.08. The topological polar surface area (TPSA) is 78.0 Å². The summed E-state index contributed by atoms with van der Waals surface area (Å²) >= 11 is 0. The van der Waals surface area contributed by atoms with Crippen molar-refractivity contribution in [1.29, 1.82) is 0 Å². The van der Waals surface area contributed by atoms with Crippen LogP contribution in [0.1, 0.15) is 16.1 Å². The Labute approximate surface area is 115 Å². The third-order valence-corrected chi connectivity index (χ3v) is 3.08. The number of nitrogens with zero attached hydrogens (tertiary/aromatic N) is 1. The van der Waals surface area contributed by atoms with Gasteiger partial charge in [-0.05, 0) is 23.8 Å². The number of fused-ring (bicyclic) bond motifs is 1. The minimum atomic E-state index is -0.265. The Bertz CT molecular complexity index is 747. The summed E-state index contributed by atoms with van der Waals surface area (Å²) in [5.41, 5.74) is 2.66. The normalized spacial score (nSPS) is 10.7. The summed E-state index contributed by atoms with van der Waals surface area (Å²) < 4.78 is 0. The van der Waals surface area contributed by atoms with Gasteiger partial charge in [0.25, 0.3) is 5.91 Å². The van der Waals surface area contributed by atoms with Crippen LogP contribution in [0, 0.1) is 0 Å². The maximum absolute atomic E-state index is 12.2. The van der Waals surface area contributed by atoms with Crippen LogP contribution in [0.5, 0.6) is 0 Å². The highest BCUT2D eigenvalue weighted by atomic mass is 16.3. The zero-order valence-corrected chi connectivity index (χ0v) is 10.6. The molecule has 0 spiro atoms. The summed E-state index contributed by atoms with van der Waals surface area (Å²) in [5.74, 6) is -0.265. The van der Waals surface area contributed by atoms with E-state index < -0.39 is 0 Å². The van der Waals surface area contributed by atoms with Crippen molar-refractivity contribution in [1.82, 2.24) is 10.2 Å². The predicted molar refractivity (Wildman–Crippen MR) is 76.4 cm³/mol. The first-order valence-corrected chi connectivity index (χ1v) is 6.22. The standard InChI is InChI=1S/C15H13N3O2/c19-9-10-5-7-11(8-6-10)16-15(20)14-12-3-1-2-4-13(12)17-18-14/h1-8,19H,9H2,(H,16,20)(H,17,18). The van der Waals surface area contributed by atoms with E-state index in [0.29, 0.717) is 11.4 Å². The molecule has 0 fully saturated rings. The molecule has 2 aromatic carbocycles. The molecule has 0 radical (unpaired) electrons. The van der Waals surface area contributed by atoms with Crippen LogP contribution < -0.4 is 5.32 Å². The van der Waals surface area contributed by atoms with Crippen LogP contribution in [-0.4, -0.2) is 21.2 Å². The second-order valence-electron chi connectivity index (χ2n) is 4.43. The number of para-hydroxylation sites is 1. The van der Waals surface area contributed by atoms with E-state index in [1.54, 1.807) is 24.3 Å². The molecule has 0 saturated heterocycles. The van der Waals surface area contributed by atoms with Crippen molar-refractivity contribution < 1.29 is 9.90 Å². The van der Waals surface area contributed by atoms with Crippen molar-refractivity contribution in [3.63, 3.8) is 0 Å². The number of aromatic nitrogens is 2. The summed E-state index contributed by atoms with van der Waals surface area (Å²) in [5, 5.41) is 19.4. The van der Waals surface area contributed by atoms with Gasteiger partial charge in [0, 0.05) is 11.1 Å². The van der Waals surface area contributed by atoms with Crippen molar-refractivity contribution >= 4 is 22.5 Å². The van der Waals surface area contributed by atoms with E-state index in [0.717, 1.165) is 16.5 Å². The molecule has 3 N–H and O–H groups in total. The number of H-pyrrole nitrogens is 1. The smallest absolute Gasteiger partial charge is 0.276 e. The molecule has 0 unspecified atom stereocenters. The highest BCUT2D eigenvalue weighted by molar-refractivity contribution is 6.11. The van der Waals surface area contributed by atoms with Crippen LogP contribution in [0.2, 0.25) is 0 Å². The predicted octanol–water partition coefficient (Wildman–Crippen LogP) is 2.31. The Balaban J connectivity index is 1.85. The van der Waals surface area contributed by atoms with Gasteiger partial charge in [-0.1, -0.05) is 30.3 Å². The van der Waals surface area contributed by atoms with Crippen molar-refractivity contribution in [3.8, 4) is 0 Å². The fourth-order valence-corrected chi connectivity index (χ4v) is 2.02. The first-order chi connectivity index (χ1) is 9.78. The molecule has 0 saturated carbocycles. The fraction of sp³-hybridized carbons (Fsp3) is 0.0667. The number of rotatable bonds is 3. The summed E-state index contributed by atoms with van der Waals surface area (Å²) in [6, 6.07) is 14.5. The maximum atomic E-state index is 12.2. The Morgan fingerprint density at radius 3 is 2.65 bits per heavy atom. The zero-order chi connectivity index (χ0) is 13.9. The zero-order valence-electron chi connectivity index (χ0n) is 10.6. The SMILES string of the molecule is O=C(Nc1ccc(CO)cc1)c1n[nH]c2ccccc12. The van der Waals surface area contributed by atoms with Gasteiger partial charge < -0.3 is 10.4 Å². The van der Waals surface area contributed by atoms with E-state index in [1.165, 1.54) is 0 Å². The molecule has 3 rings (SSSR count). The molecular weight excluding hydrogens is 254 g/mol. The molecule has 0 aliphatic rings. The largest absolute Gasteiger partial charge is 0.392 e. The Kier molecular flexibility index (Phi) is 3.18. The number of aromatic amines is 1. The van der Waals surface area contributed by atoms with Gasteiger partial charge in [0.05, 0.1) is 12.1 Å². The van der Waals surface area contributed by atoms with Crippen molar-refractivity contribution in [2.75, 3.05) is 5.32 Å². The monoisotopic (exact) mass is 267 g/mol. The second kappa shape index (κ2) is 5.14. The van der Waals surface area contributed by atoms with Gasteiger partial charge >= 0.3 is 0 Å². The Hall–Kier alpha value is -2.66.